The molecule has 84 valence electrons. The lowest BCUT2D eigenvalue weighted by Gasteiger charge is -2.36. The number of nitrogens with one attached hydrogen (secondary N) is 1. The molecule has 1 fully saturated rings. The SMILES string of the molecule is O=C(O)C1CN(C(=O)Nc2ncccn2)C1. The number of urea groups is 1. The molecule has 0 aliphatic carbocycles. The number of nitrogens with zero attached hydrogens (tertiary/aromatic N) is 3. The zero-order valence-electron chi connectivity index (χ0n) is 8.33. The Bertz CT molecular complexity index is 402. The lowest BCUT2D eigenvalue weighted by Crippen LogP contribution is -2.54. The fourth-order valence-corrected chi connectivity index (χ4v) is 1.34. The first kappa shape index (κ1) is 10.3. The molecule has 0 bridgehead atoms. The van der Waals surface area contributed by atoms with Gasteiger partial charge in [0.25, 0.3) is 0 Å². The molecule has 0 atom stereocenters. The molecular formula is C9H10N4O3. The Kier molecular flexibility index (Phi) is 2.67. The number of carboxylic acids is 1. The van der Waals surface area contributed by atoms with Crippen molar-refractivity contribution in [2.45, 2.75) is 0 Å². The fraction of sp³-hybridized carbons (Fsp3) is 0.333. The van der Waals surface area contributed by atoms with E-state index in [1.807, 2.05) is 0 Å². The number of rotatable bonds is 2. The molecule has 0 spiro atoms. The van der Waals surface area contributed by atoms with E-state index in [9.17, 15) is 9.59 Å². The number of aromatic nitrogens is 2. The number of hydrogen-bond acceptors (Lipinski definition) is 4. The number of likely N-dealkylation sites (tertiary alicyclic amines) is 1. The first-order chi connectivity index (χ1) is 7.66. The second kappa shape index (κ2) is 4.13. The Hall–Kier alpha value is -2.18. The Labute approximate surface area is 91.1 Å². The maximum Gasteiger partial charge on any atom is 0.324 e. The van der Waals surface area contributed by atoms with Gasteiger partial charge in [-0.1, -0.05) is 0 Å². The van der Waals surface area contributed by atoms with Gasteiger partial charge >= 0.3 is 12.0 Å². The highest BCUT2D eigenvalue weighted by molar-refractivity contribution is 5.89. The van der Waals surface area contributed by atoms with E-state index in [4.69, 9.17) is 5.11 Å². The highest BCUT2D eigenvalue weighted by Gasteiger charge is 2.35. The summed E-state index contributed by atoms with van der Waals surface area (Å²) >= 11 is 0. The van der Waals surface area contributed by atoms with Gasteiger partial charge in [0.15, 0.2) is 0 Å². The first-order valence-electron chi connectivity index (χ1n) is 4.72. The molecule has 16 heavy (non-hydrogen) atoms. The van der Waals surface area contributed by atoms with Crippen molar-refractivity contribution in [1.82, 2.24) is 14.9 Å². The molecule has 0 radical (unpaired) electrons. The zero-order chi connectivity index (χ0) is 11.5. The van der Waals surface area contributed by atoms with E-state index in [1.165, 1.54) is 17.3 Å². The normalized spacial score (nSPS) is 15.4. The predicted molar refractivity (Wildman–Crippen MR) is 53.7 cm³/mol. The van der Waals surface area contributed by atoms with Crippen LogP contribution in [0, 0.1) is 5.92 Å². The lowest BCUT2D eigenvalue weighted by atomic mass is 10.0. The summed E-state index contributed by atoms with van der Waals surface area (Å²) in [5.74, 6) is -1.12. The van der Waals surface area contributed by atoms with E-state index in [2.05, 4.69) is 15.3 Å². The van der Waals surface area contributed by atoms with Crippen LogP contribution in [0.15, 0.2) is 18.5 Å². The van der Waals surface area contributed by atoms with E-state index in [0.29, 0.717) is 0 Å². The van der Waals surface area contributed by atoms with Gasteiger partial charge in [-0.05, 0) is 6.07 Å². The van der Waals surface area contributed by atoms with E-state index in [1.54, 1.807) is 6.07 Å². The lowest BCUT2D eigenvalue weighted by molar-refractivity contribution is -0.145. The van der Waals surface area contributed by atoms with Crippen molar-refractivity contribution in [2.75, 3.05) is 18.4 Å². The first-order valence-corrected chi connectivity index (χ1v) is 4.72. The van der Waals surface area contributed by atoms with Gasteiger partial charge in [0.2, 0.25) is 5.95 Å². The summed E-state index contributed by atoms with van der Waals surface area (Å²) in [7, 11) is 0. The molecule has 1 aliphatic rings. The molecule has 2 amide bonds. The maximum atomic E-state index is 11.5. The van der Waals surface area contributed by atoms with Crippen molar-refractivity contribution in [3.63, 3.8) is 0 Å². The molecule has 2 N–H and O–H groups in total. The Morgan fingerprint density at radius 3 is 2.56 bits per heavy atom. The maximum absolute atomic E-state index is 11.5. The Balaban J connectivity index is 1.85. The smallest absolute Gasteiger partial charge is 0.324 e. The van der Waals surface area contributed by atoms with Gasteiger partial charge < -0.3 is 10.0 Å². The number of anilines is 1. The molecule has 0 unspecified atom stereocenters. The third-order valence-corrected chi connectivity index (χ3v) is 2.30. The standard InChI is InChI=1S/C9H10N4O3/c14-7(15)6-4-13(5-6)9(16)12-8-10-2-1-3-11-8/h1-3,6H,4-5H2,(H,14,15)(H,10,11,12,16). The third-order valence-electron chi connectivity index (χ3n) is 2.30. The fourth-order valence-electron chi connectivity index (χ4n) is 1.34. The van der Waals surface area contributed by atoms with Crippen molar-refractivity contribution < 1.29 is 14.7 Å². The average Bonchev–Trinajstić information content (AvgIpc) is 2.15. The summed E-state index contributed by atoms with van der Waals surface area (Å²) in [5.41, 5.74) is 0. The van der Waals surface area contributed by atoms with Crippen LogP contribution in [-0.4, -0.2) is 45.1 Å². The van der Waals surface area contributed by atoms with Crippen LogP contribution in [0.2, 0.25) is 0 Å². The molecule has 2 heterocycles. The van der Waals surface area contributed by atoms with Gasteiger partial charge in [-0.15, -0.1) is 0 Å². The van der Waals surface area contributed by atoms with Crippen LogP contribution in [0.4, 0.5) is 10.7 Å². The van der Waals surface area contributed by atoms with E-state index < -0.39 is 11.9 Å². The number of hydrogen-bond donors (Lipinski definition) is 2. The molecule has 0 saturated carbocycles. The van der Waals surface area contributed by atoms with Gasteiger partial charge in [0.05, 0.1) is 5.92 Å². The van der Waals surface area contributed by atoms with Crippen LogP contribution in [0.1, 0.15) is 0 Å². The molecule has 1 saturated heterocycles. The van der Waals surface area contributed by atoms with Crippen LogP contribution in [0.5, 0.6) is 0 Å². The van der Waals surface area contributed by atoms with Crippen molar-refractivity contribution in [1.29, 1.82) is 0 Å². The Morgan fingerprint density at radius 2 is 2.00 bits per heavy atom. The minimum absolute atomic E-state index is 0.214. The summed E-state index contributed by atoms with van der Waals surface area (Å²) in [6, 6.07) is 1.27. The molecule has 2 rings (SSSR count). The van der Waals surface area contributed by atoms with E-state index in [0.717, 1.165) is 0 Å². The van der Waals surface area contributed by atoms with Gasteiger partial charge in [-0.2, -0.15) is 0 Å². The van der Waals surface area contributed by atoms with E-state index >= 15 is 0 Å². The number of carbonyl (C=O) groups excluding carboxylic acids is 1. The minimum Gasteiger partial charge on any atom is -0.481 e. The monoisotopic (exact) mass is 222 g/mol. The van der Waals surface area contributed by atoms with Crippen LogP contribution < -0.4 is 5.32 Å². The van der Waals surface area contributed by atoms with Crippen LogP contribution in [0.25, 0.3) is 0 Å². The average molecular weight is 222 g/mol. The molecule has 1 aromatic heterocycles. The van der Waals surface area contributed by atoms with Crippen LogP contribution in [-0.2, 0) is 4.79 Å². The quantitative estimate of drug-likeness (QED) is 0.735. The van der Waals surface area contributed by atoms with Gasteiger partial charge in [0, 0.05) is 25.5 Å². The molecule has 1 aromatic rings. The van der Waals surface area contributed by atoms with Gasteiger partial charge in [-0.3, -0.25) is 10.1 Å². The molecule has 7 nitrogen and oxygen atoms in total. The number of carbonyl (C=O) groups is 2. The zero-order valence-corrected chi connectivity index (χ0v) is 8.33. The predicted octanol–water partition coefficient (Wildman–Crippen LogP) is 0.0249. The number of aliphatic carboxylic acids is 1. The van der Waals surface area contributed by atoms with Crippen LogP contribution in [0.3, 0.4) is 0 Å². The summed E-state index contributed by atoms with van der Waals surface area (Å²) in [6.07, 6.45) is 3.03. The number of carboxylic acid groups (broad SMARTS) is 1. The molecular weight excluding hydrogens is 212 g/mol. The highest BCUT2D eigenvalue weighted by Crippen LogP contribution is 2.16. The van der Waals surface area contributed by atoms with Crippen molar-refractivity contribution >= 4 is 17.9 Å². The van der Waals surface area contributed by atoms with Crippen molar-refractivity contribution in [2.24, 2.45) is 5.92 Å². The molecule has 7 heteroatoms. The second-order valence-corrected chi connectivity index (χ2v) is 3.44. The molecule has 1 aliphatic heterocycles. The molecule has 0 aromatic carbocycles. The van der Waals surface area contributed by atoms with Crippen molar-refractivity contribution in [3.8, 4) is 0 Å². The minimum atomic E-state index is -0.875. The van der Waals surface area contributed by atoms with Crippen LogP contribution >= 0.6 is 0 Å². The summed E-state index contributed by atoms with van der Waals surface area (Å²) < 4.78 is 0. The van der Waals surface area contributed by atoms with Gasteiger partial charge in [0.1, 0.15) is 0 Å². The van der Waals surface area contributed by atoms with E-state index in [-0.39, 0.29) is 25.1 Å². The van der Waals surface area contributed by atoms with Gasteiger partial charge in [-0.25, -0.2) is 14.8 Å². The summed E-state index contributed by atoms with van der Waals surface area (Å²) in [4.78, 5) is 31.1. The largest absolute Gasteiger partial charge is 0.481 e. The topological polar surface area (TPSA) is 95.4 Å². The summed E-state index contributed by atoms with van der Waals surface area (Å²) in [5, 5.41) is 11.1. The second-order valence-electron chi connectivity index (χ2n) is 3.44. The third kappa shape index (κ3) is 2.08. The Morgan fingerprint density at radius 1 is 1.38 bits per heavy atom. The summed E-state index contributed by atoms with van der Waals surface area (Å²) in [6.45, 7) is 0.460. The highest BCUT2D eigenvalue weighted by atomic mass is 16.4. The number of amides is 2. The van der Waals surface area contributed by atoms with Crippen molar-refractivity contribution in [3.05, 3.63) is 18.5 Å².